The Morgan fingerprint density at radius 2 is 2.00 bits per heavy atom. The molecule has 0 radical (unpaired) electrons. The normalized spacial score (nSPS) is 22.5. The molecule has 1 saturated carbocycles. The molecule has 1 N–H and O–H groups in total. The van der Waals surface area contributed by atoms with Crippen LogP contribution in [-0.4, -0.2) is 16.7 Å². The molecule has 2 nitrogen and oxygen atoms in total. The molecule has 0 aromatic rings. The molecule has 0 saturated heterocycles. The average Bonchev–Trinajstić information content (AvgIpc) is 1.82. The Kier molecular flexibility index (Phi) is 1.79. The Morgan fingerprint density at radius 3 is 2.09 bits per heavy atom. The lowest BCUT2D eigenvalue weighted by Gasteiger charge is -2.46. The van der Waals surface area contributed by atoms with E-state index in [-0.39, 0.29) is 0 Å². The van der Waals surface area contributed by atoms with Gasteiger partial charge in [-0.1, -0.05) is 0 Å². The first-order chi connectivity index (χ1) is 4.90. The lowest BCUT2D eigenvalue weighted by Crippen LogP contribution is -2.53. The van der Waals surface area contributed by atoms with Gasteiger partial charge in [0.15, 0.2) is 0 Å². The molecule has 0 spiro atoms. The van der Waals surface area contributed by atoms with E-state index in [1.165, 1.54) is 13.8 Å². The van der Waals surface area contributed by atoms with Crippen molar-refractivity contribution in [1.29, 1.82) is 0 Å². The van der Waals surface area contributed by atoms with Crippen LogP contribution in [0.5, 0.6) is 0 Å². The first kappa shape index (κ1) is 8.65. The molecule has 0 atom stereocenters. The van der Waals surface area contributed by atoms with Gasteiger partial charge >= 0.3 is 6.04 Å². The zero-order chi connectivity index (χ0) is 8.70. The lowest BCUT2D eigenvalue weighted by molar-refractivity contribution is -0.169. The summed E-state index contributed by atoms with van der Waals surface area (Å²) in [7, 11) is 0. The molecule has 0 aliphatic heterocycles. The summed E-state index contributed by atoms with van der Waals surface area (Å²) in [6, 6.07) is -1.42. The second-order valence-electron chi connectivity index (χ2n) is 3.78. The van der Waals surface area contributed by atoms with Gasteiger partial charge in [-0.15, -0.1) is 0 Å². The van der Waals surface area contributed by atoms with Crippen LogP contribution in [-0.2, 0) is 4.79 Å². The van der Waals surface area contributed by atoms with E-state index in [9.17, 15) is 14.3 Å². The van der Waals surface area contributed by atoms with E-state index in [2.05, 4.69) is 0 Å². The molecular weight excluding hydrogens is 147 g/mol. The van der Waals surface area contributed by atoms with Crippen LogP contribution in [0.3, 0.4) is 0 Å². The summed E-state index contributed by atoms with van der Waals surface area (Å²) in [5.74, 6) is 0. The first-order valence-electron chi connectivity index (χ1n) is 3.82. The van der Waals surface area contributed by atoms with E-state index in [1.807, 2.05) is 0 Å². The molecule has 1 fully saturated rings. The first-order valence-corrected chi connectivity index (χ1v) is 3.82. The Bertz CT molecular complexity index is 183. The van der Waals surface area contributed by atoms with Crippen LogP contribution >= 0.6 is 0 Å². The maximum absolute atomic E-state index is 12.4. The highest BCUT2D eigenvalue weighted by molar-refractivity contribution is 5.76. The van der Waals surface area contributed by atoms with E-state index in [1.54, 1.807) is 0 Å². The molecule has 0 heterocycles. The summed E-state index contributed by atoms with van der Waals surface area (Å²) in [5, 5.41) is 9.65. The number of carbonyl (C=O) groups excluding carboxylic acids is 1. The zero-order valence-corrected chi connectivity index (χ0v) is 6.85. The van der Waals surface area contributed by atoms with E-state index in [4.69, 9.17) is 0 Å². The molecule has 1 aliphatic carbocycles. The Balaban J connectivity index is 2.78. The fourth-order valence-electron chi connectivity index (χ4n) is 1.32. The Hall–Kier alpha value is -0.440. The van der Waals surface area contributed by atoms with Crippen LogP contribution in [0.15, 0.2) is 0 Å². The summed E-state index contributed by atoms with van der Waals surface area (Å²) in [6.07, 6.45) is 1.96. The predicted octanol–water partition coefficient (Wildman–Crippen LogP) is 1.42. The van der Waals surface area contributed by atoms with Crippen molar-refractivity contribution in [3.8, 4) is 0 Å². The van der Waals surface area contributed by atoms with Crippen molar-refractivity contribution in [2.75, 3.05) is 0 Å². The topological polar surface area (TPSA) is 37.3 Å². The highest BCUT2D eigenvalue weighted by Gasteiger charge is 2.52. The van der Waals surface area contributed by atoms with Crippen LogP contribution < -0.4 is 0 Å². The van der Waals surface area contributed by atoms with Crippen molar-refractivity contribution < 1.29 is 14.3 Å². The van der Waals surface area contributed by atoms with Gasteiger partial charge < -0.3 is 5.11 Å². The second-order valence-corrected chi connectivity index (χ2v) is 3.78. The molecule has 0 bridgehead atoms. The van der Waals surface area contributed by atoms with Crippen molar-refractivity contribution in [3.63, 3.8) is 0 Å². The standard InChI is InChI=1S/C8H13FO2/c1-7(2,6(9)10)8(11)4-3-5-8/h11H,3-5H2,1-2H3. The summed E-state index contributed by atoms with van der Waals surface area (Å²) in [4.78, 5) is 10.5. The van der Waals surface area contributed by atoms with Crippen molar-refractivity contribution >= 4 is 6.04 Å². The fraction of sp³-hybridized carbons (Fsp3) is 0.875. The summed E-state index contributed by atoms with van der Waals surface area (Å²) in [5.41, 5.74) is -2.30. The van der Waals surface area contributed by atoms with Crippen molar-refractivity contribution in [2.24, 2.45) is 5.41 Å². The van der Waals surface area contributed by atoms with Gasteiger partial charge in [0.05, 0.1) is 11.0 Å². The minimum absolute atomic E-state index is 0.537. The molecule has 1 aliphatic rings. The number of halogens is 1. The van der Waals surface area contributed by atoms with Gasteiger partial charge in [-0.3, -0.25) is 4.79 Å². The maximum Gasteiger partial charge on any atom is 0.309 e. The van der Waals surface area contributed by atoms with Gasteiger partial charge in [-0.05, 0) is 33.1 Å². The van der Waals surface area contributed by atoms with Crippen molar-refractivity contribution in [1.82, 2.24) is 0 Å². The van der Waals surface area contributed by atoms with Gasteiger partial charge in [0.25, 0.3) is 0 Å². The van der Waals surface area contributed by atoms with Crippen LogP contribution in [0.1, 0.15) is 33.1 Å². The molecule has 11 heavy (non-hydrogen) atoms. The molecule has 3 heteroatoms. The maximum atomic E-state index is 12.4. The third kappa shape index (κ3) is 1.07. The van der Waals surface area contributed by atoms with E-state index >= 15 is 0 Å². The minimum Gasteiger partial charge on any atom is -0.389 e. The number of rotatable bonds is 2. The van der Waals surface area contributed by atoms with Gasteiger partial charge in [0, 0.05) is 0 Å². The second kappa shape index (κ2) is 2.27. The number of hydrogen-bond acceptors (Lipinski definition) is 2. The van der Waals surface area contributed by atoms with Crippen molar-refractivity contribution in [3.05, 3.63) is 0 Å². The van der Waals surface area contributed by atoms with E-state index < -0.39 is 17.1 Å². The van der Waals surface area contributed by atoms with Crippen LogP contribution in [0.4, 0.5) is 4.39 Å². The van der Waals surface area contributed by atoms with Gasteiger partial charge in [0.1, 0.15) is 0 Å². The molecule has 0 aromatic heterocycles. The third-order valence-corrected chi connectivity index (χ3v) is 2.84. The zero-order valence-electron chi connectivity index (χ0n) is 6.85. The molecule has 0 unspecified atom stereocenters. The van der Waals surface area contributed by atoms with Crippen LogP contribution in [0, 0.1) is 5.41 Å². The highest BCUT2D eigenvalue weighted by Crippen LogP contribution is 2.46. The summed E-state index contributed by atoms with van der Waals surface area (Å²) in [6.45, 7) is 2.91. The van der Waals surface area contributed by atoms with Crippen LogP contribution in [0.25, 0.3) is 0 Å². The minimum atomic E-state index is -1.42. The summed E-state index contributed by atoms with van der Waals surface area (Å²) < 4.78 is 12.4. The Labute approximate surface area is 65.4 Å². The predicted molar refractivity (Wildman–Crippen MR) is 38.7 cm³/mol. The van der Waals surface area contributed by atoms with Crippen molar-refractivity contribution in [2.45, 2.75) is 38.7 Å². The molecule has 0 amide bonds. The van der Waals surface area contributed by atoms with Gasteiger partial charge in [-0.25, -0.2) is 0 Å². The van der Waals surface area contributed by atoms with Gasteiger partial charge in [-0.2, -0.15) is 4.39 Å². The molecule has 1 rings (SSSR count). The van der Waals surface area contributed by atoms with Crippen LogP contribution in [0.2, 0.25) is 0 Å². The largest absolute Gasteiger partial charge is 0.389 e. The molecule has 0 aromatic carbocycles. The lowest BCUT2D eigenvalue weighted by atomic mass is 9.63. The number of carbonyl (C=O) groups is 1. The quantitative estimate of drug-likeness (QED) is 0.620. The third-order valence-electron chi connectivity index (χ3n) is 2.84. The Morgan fingerprint density at radius 1 is 1.55 bits per heavy atom. The SMILES string of the molecule is CC(C)(C(=O)F)C1(O)CCC1. The smallest absolute Gasteiger partial charge is 0.309 e. The van der Waals surface area contributed by atoms with Gasteiger partial charge in [0.2, 0.25) is 0 Å². The average molecular weight is 160 g/mol. The number of aliphatic hydroxyl groups is 1. The van der Waals surface area contributed by atoms with E-state index in [0.717, 1.165) is 6.42 Å². The van der Waals surface area contributed by atoms with E-state index in [0.29, 0.717) is 12.8 Å². The number of hydrogen-bond donors (Lipinski definition) is 1. The highest BCUT2D eigenvalue weighted by atomic mass is 19.1. The molecular formula is C8H13FO2. The summed E-state index contributed by atoms with van der Waals surface area (Å²) >= 11 is 0. The fourth-order valence-corrected chi connectivity index (χ4v) is 1.32. The monoisotopic (exact) mass is 160 g/mol. The molecule has 64 valence electrons.